The molecule has 2 aliphatic heterocycles. The minimum atomic E-state index is 0.0969. The summed E-state index contributed by atoms with van der Waals surface area (Å²) in [4.78, 5) is 6.55. The van der Waals surface area contributed by atoms with Crippen LogP contribution >= 0.6 is 0 Å². The van der Waals surface area contributed by atoms with Crippen LogP contribution in [0.4, 0.5) is 11.7 Å². The lowest BCUT2D eigenvalue weighted by molar-refractivity contribution is -0.162. The molecule has 1 spiro atoms. The van der Waals surface area contributed by atoms with Gasteiger partial charge in [0.05, 0.1) is 19.7 Å². The van der Waals surface area contributed by atoms with Gasteiger partial charge in [-0.1, -0.05) is 0 Å². The lowest BCUT2D eigenvalue weighted by Crippen LogP contribution is -2.68. The van der Waals surface area contributed by atoms with E-state index < -0.39 is 0 Å². The highest BCUT2D eigenvalue weighted by atomic mass is 16.5. The Labute approximate surface area is 98.2 Å². The van der Waals surface area contributed by atoms with Crippen molar-refractivity contribution in [1.82, 2.24) is 4.98 Å². The molecule has 0 saturated carbocycles. The minimum absolute atomic E-state index is 0.0969. The van der Waals surface area contributed by atoms with Crippen molar-refractivity contribution in [3.05, 3.63) is 18.2 Å². The fourth-order valence-corrected chi connectivity index (χ4v) is 2.49. The van der Waals surface area contributed by atoms with Gasteiger partial charge >= 0.3 is 0 Å². The van der Waals surface area contributed by atoms with E-state index in [9.17, 15) is 0 Å². The van der Waals surface area contributed by atoms with E-state index in [0.717, 1.165) is 37.2 Å². The second-order valence-electron chi connectivity index (χ2n) is 4.86. The van der Waals surface area contributed by atoms with Gasteiger partial charge in [-0.2, -0.15) is 4.98 Å². The molecule has 3 heterocycles. The number of ether oxygens (including phenoxy) is 1. The van der Waals surface area contributed by atoms with Crippen molar-refractivity contribution in [2.45, 2.75) is 12.0 Å². The summed E-state index contributed by atoms with van der Waals surface area (Å²) in [5.74, 6) is 0. The standard InChI is InChI=1S/C12H13N3O2/c13-8-1-2-10-9(5-8)14-11(17-10)15-6-12(7-15)3-4-16-12/h1-2,5H,3-4,6-7,13H2. The maximum Gasteiger partial charge on any atom is 0.298 e. The number of fused-ring (bicyclic) bond motifs is 1. The first-order valence-corrected chi connectivity index (χ1v) is 5.79. The molecule has 2 aliphatic rings. The van der Waals surface area contributed by atoms with E-state index in [1.54, 1.807) is 0 Å². The molecule has 1 aromatic carbocycles. The molecule has 4 rings (SSSR count). The molecule has 0 unspecified atom stereocenters. The molecule has 0 aliphatic carbocycles. The van der Waals surface area contributed by atoms with Crippen molar-refractivity contribution in [2.24, 2.45) is 0 Å². The zero-order valence-electron chi connectivity index (χ0n) is 9.35. The van der Waals surface area contributed by atoms with Crippen LogP contribution in [-0.4, -0.2) is 30.3 Å². The van der Waals surface area contributed by atoms with Crippen LogP contribution in [0.15, 0.2) is 22.6 Å². The first-order valence-electron chi connectivity index (χ1n) is 5.79. The van der Waals surface area contributed by atoms with Crippen LogP contribution in [-0.2, 0) is 4.74 Å². The van der Waals surface area contributed by atoms with Gasteiger partial charge in [-0.25, -0.2) is 0 Å². The van der Waals surface area contributed by atoms with E-state index >= 15 is 0 Å². The summed E-state index contributed by atoms with van der Waals surface area (Å²) in [6.45, 7) is 2.66. The molecule has 2 saturated heterocycles. The van der Waals surface area contributed by atoms with Crippen LogP contribution in [0.5, 0.6) is 0 Å². The number of oxazole rings is 1. The molecule has 0 amide bonds. The molecule has 0 bridgehead atoms. The monoisotopic (exact) mass is 231 g/mol. The van der Waals surface area contributed by atoms with E-state index in [0.29, 0.717) is 11.7 Å². The summed E-state index contributed by atoms with van der Waals surface area (Å²) in [7, 11) is 0. The zero-order valence-corrected chi connectivity index (χ0v) is 9.35. The van der Waals surface area contributed by atoms with Crippen LogP contribution in [0.25, 0.3) is 11.1 Å². The van der Waals surface area contributed by atoms with Crippen LogP contribution < -0.4 is 10.6 Å². The fourth-order valence-electron chi connectivity index (χ4n) is 2.49. The highest BCUT2D eigenvalue weighted by Gasteiger charge is 2.50. The quantitative estimate of drug-likeness (QED) is 0.751. The Bertz CT molecular complexity index is 580. The number of aromatic nitrogens is 1. The fraction of sp³-hybridized carbons (Fsp3) is 0.417. The number of rotatable bonds is 1. The van der Waals surface area contributed by atoms with Gasteiger partial charge in [-0.3, -0.25) is 0 Å². The predicted octanol–water partition coefficient (Wildman–Crippen LogP) is 1.39. The van der Waals surface area contributed by atoms with E-state index in [2.05, 4.69) is 9.88 Å². The predicted molar refractivity (Wildman–Crippen MR) is 63.9 cm³/mol. The van der Waals surface area contributed by atoms with Crippen molar-refractivity contribution in [3.8, 4) is 0 Å². The van der Waals surface area contributed by atoms with Crippen molar-refractivity contribution < 1.29 is 9.15 Å². The van der Waals surface area contributed by atoms with E-state index in [-0.39, 0.29) is 5.60 Å². The Morgan fingerprint density at radius 2 is 2.18 bits per heavy atom. The molecule has 5 heteroatoms. The van der Waals surface area contributed by atoms with E-state index in [1.807, 2.05) is 18.2 Å². The minimum Gasteiger partial charge on any atom is -0.423 e. The number of hydrogen-bond donors (Lipinski definition) is 1. The highest BCUT2D eigenvalue weighted by molar-refractivity contribution is 5.78. The van der Waals surface area contributed by atoms with Gasteiger partial charge in [0.25, 0.3) is 6.01 Å². The molecule has 1 aromatic heterocycles. The van der Waals surface area contributed by atoms with Crippen molar-refractivity contribution in [3.63, 3.8) is 0 Å². The smallest absolute Gasteiger partial charge is 0.298 e. The average Bonchev–Trinajstić information content (AvgIpc) is 2.55. The second-order valence-corrected chi connectivity index (χ2v) is 4.86. The molecule has 17 heavy (non-hydrogen) atoms. The van der Waals surface area contributed by atoms with Gasteiger partial charge in [-0.05, 0) is 18.2 Å². The number of nitrogens with zero attached hydrogens (tertiary/aromatic N) is 2. The van der Waals surface area contributed by atoms with Crippen LogP contribution in [0.2, 0.25) is 0 Å². The summed E-state index contributed by atoms with van der Waals surface area (Å²) < 4.78 is 11.3. The average molecular weight is 231 g/mol. The van der Waals surface area contributed by atoms with Gasteiger partial charge in [0.2, 0.25) is 0 Å². The van der Waals surface area contributed by atoms with E-state index in [4.69, 9.17) is 14.9 Å². The number of benzene rings is 1. The molecule has 0 atom stereocenters. The molecule has 2 aromatic rings. The van der Waals surface area contributed by atoms with Gasteiger partial charge in [0, 0.05) is 12.1 Å². The summed E-state index contributed by atoms with van der Waals surface area (Å²) in [5, 5.41) is 0. The first kappa shape index (κ1) is 9.30. The Morgan fingerprint density at radius 1 is 1.35 bits per heavy atom. The summed E-state index contributed by atoms with van der Waals surface area (Å²) in [6, 6.07) is 6.19. The Kier molecular flexibility index (Phi) is 1.60. The maximum atomic E-state index is 5.71. The number of anilines is 2. The van der Waals surface area contributed by atoms with Gasteiger partial charge in [0.15, 0.2) is 5.58 Å². The van der Waals surface area contributed by atoms with Crippen molar-refractivity contribution >= 4 is 22.8 Å². The SMILES string of the molecule is Nc1ccc2oc(N3CC4(CCO4)C3)nc2c1. The van der Waals surface area contributed by atoms with Crippen molar-refractivity contribution in [2.75, 3.05) is 30.3 Å². The molecule has 5 nitrogen and oxygen atoms in total. The highest BCUT2D eigenvalue weighted by Crippen LogP contribution is 2.39. The normalized spacial score (nSPS) is 21.5. The number of hydrogen-bond acceptors (Lipinski definition) is 5. The van der Waals surface area contributed by atoms with Crippen LogP contribution in [0.1, 0.15) is 6.42 Å². The van der Waals surface area contributed by atoms with Gasteiger partial charge in [-0.15, -0.1) is 0 Å². The molecular weight excluding hydrogens is 218 g/mol. The summed E-state index contributed by atoms with van der Waals surface area (Å²) >= 11 is 0. The Morgan fingerprint density at radius 3 is 2.88 bits per heavy atom. The second kappa shape index (κ2) is 2.92. The largest absolute Gasteiger partial charge is 0.423 e. The van der Waals surface area contributed by atoms with Crippen LogP contribution in [0, 0.1) is 0 Å². The van der Waals surface area contributed by atoms with E-state index in [1.165, 1.54) is 0 Å². The van der Waals surface area contributed by atoms with Crippen LogP contribution in [0.3, 0.4) is 0 Å². The Hall–Kier alpha value is -1.75. The topological polar surface area (TPSA) is 64.5 Å². The molecule has 88 valence electrons. The van der Waals surface area contributed by atoms with Gasteiger partial charge < -0.3 is 19.8 Å². The molecule has 0 radical (unpaired) electrons. The summed E-state index contributed by atoms with van der Waals surface area (Å²) in [6.07, 6.45) is 1.15. The maximum absolute atomic E-state index is 5.71. The van der Waals surface area contributed by atoms with Gasteiger partial charge in [0.1, 0.15) is 11.1 Å². The number of nitrogens with two attached hydrogens (primary N) is 1. The molecular formula is C12H13N3O2. The third-order valence-electron chi connectivity index (χ3n) is 3.59. The summed E-state index contributed by atoms with van der Waals surface area (Å²) in [5.41, 5.74) is 8.12. The number of nitrogen functional groups attached to an aromatic ring is 1. The van der Waals surface area contributed by atoms with Crippen molar-refractivity contribution in [1.29, 1.82) is 0 Å². The lowest BCUT2D eigenvalue weighted by atomic mass is 9.87. The molecule has 2 N–H and O–H groups in total. The Balaban J connectivity index is 1.64. The zero-order chi connectivity index (χ0) is 11.5. The third kappa shape index (κ3) is 1.26. The molecule has 2 fully saturated rings. The lowest BCUT2D eigenvalue weighted by Gasteiger charge is -2.54. The third-order valence-corrected chi connectivity index (χ3v) is 3.59. The first-order chi connectivity index (χ1) is 8.24.